The van der Waals surface area contributed by atoms with Gasteiger partial charge in [-0.3, -0.25) is 4.79 Å². The minimum atomic E-state index is -0.357. The maximum Gasteiger partial charge on any atom is 0.227 e. The smallest absolute Gasteiger partial charge is 0.227 e. The number of nitrogens with one attached hydrogen (secondary N) is 1. The van der Waals surface area contributed by atoms with Gasteiger partial charge in [-0.1, -0.05) is 20.8 Å². The van der Waals surface area contributed by atoms with E-state index in [1.54, 1.807) is 0 Å². The lowest BCUT2D eigenvalue weighted by molar-refractivity contribution is -0.131. The van der Waals surface area contributed by atoms with E-state index in [0.29, 0.717) is 12.5 Å². The lowest BCUT2D eigenvalue weighted by atomic mass is 9.81. The molecule has 0 aliphatic carbocycles. The molecule has 1 saturated heterocycles. The van der Waals surface area contributed by atoms with Crippen LogP contribution < -0.4 is 11.1 Å². The fourth-order valence-corrected chi connectivity index (χ4v) is 2.88. The van der Waals surface area contributed by atoms with Crippen molar-refractivity contribution >= 4 is 5.91 Å². The van der Waals surface area contributed by atoms with Gasteiger partial charge in [0.2, 0.25) is 5.91 Å². The molecule has 4 heteroatoms. The molecule has 3 N–H and O–H groups in total. The van der Waals surface area contributed by atoms with E-state index >= 15 is 0 Å². The van der Waals surface area contributed by atoms with Gasteiger partial charge in [-0.25, -0.2) is 0 Å². The summed E-state index contributed by atoms with van der Waals surface area (Å²) in [6.07, 6.45) is 4.03. The first-order chi connectivity index (χ1) is 9.11. The van der Waals surface area contributed by atoms with Crippen molar-refractivity contribution in [3.05, 3.63) is 0 Å². The van der Waals surface area contributed by atoms with Crippen molar-refractivity contribution in [2.24, 2.45) is 17.1 Å². The standard InChI is InChI=1S/C15H31N3O/c1-4-15(5-2,12-16)14(19)17-11-13-7-9-18(6-3)10-8-13/h13H,4-12,16H2,1-3H3,(H,17,19). The van der Waals surface area contributed by atoms with Crippen LogP contribution in [0.3, 0.4) is 0 Å². The zero-order valence-electron chi connectivity index (χ0n) is 12.9. The van der Waals surface area contributed by atoms with Gasteiger partial charge in [-0.15, -0.1) is 0 Å². The Morgan fingerprint density at radius 1 is 1.26 bits per heavy atom. The number of hydrogen-bond donors (Lipinski definition) is 2. The summed E-state index contributed by atoms with van der Waals surface area (Å²) in [4.78, 5) is 14.8. The lowest BCUT2D eigenvalue weighted by Crippen LogP contribution is -2.47. The van der Waals surface area contributed by atoms with E-state index in [1.165, 1.54) is 25.9 Å². The number of likely N-dealkylation sites (tertiary alicyclic amines) is 1. The molecule has 1 amide bonds. The fraction of sp³-hybridized carbons (Fsp3) is 0.933. The topological polar surface area (TPSA) is 58.4 Å². The highest BCUT2D eigenvalue weighted by Gasteiger charge is 2.33. The Morgan fingerprint density at radius 2 is 1.84 bits per heavy atom. The quantitative estimate of drug-likeness (QED) is 0.738. The first kappa shape index (κ1) is 16.4. The Bertz CT molecular complexity index is 260. The zero-order valence-corrected chi connectivity index (χ0v) is 12.9. The summed E-state index contributed by atoms with van der Waals surface area (Å²) in [5, 5.41) is 3.14. The number of nitrogens with zero attached hydrogens (tertiary/aromatic N) is 1. The Morgan fingerprint density at radius 3 is 2.26 bits per heavy atom. The van der Waals surface area contributed by atoms with Crippen molar-refractivity contribution in [3.8, 4) is 0 Å². The number of amides is 1. The molecule has 0 saturated carbocycles. The van der Waals surface area contributed by atoms with Crippen molar-refractivity contribution in [2.45, 2.75) is 46.5 Å². The largest absolute Gasteiger partial charge is 0.355 e. The van der Waals surface area contributed by atoms with E-state index in [1.807, 2.05) is 0 Å². The highest BCUT2D eigenvalue weighted by molar-refractivity contribution is 5.82. The van der Waals surface area contributed by atoms with Crippen molar-refractivity contribution in [1.29, 1.82) is 0 Å². The molecule has 0 spiro atoms. The molecular formula is C15H31N3O. The third-order valence-corrected chi connectivity index (χ3v) is 4.93. The summed E-state index contributed by atoms with van der Waals surface area (Å²) in [7, 11) is 0. The summed E-state index contributed by atoms with van der Waals surface area (Å²) in [6.45, 7) is 11.0. The second-order valence-corrected chi connectivity index (χ2v) is 5.78. The first-order valence-corrected chi connectivity index (χ1v) is 7.82. The number of hydrogen-bond acceptors (Lipinski definition) is 3. The number of piperidine rings is 1. The molecule has 0 aromatic rings. The first-order valence-electron chi connectivity index (χ1n) is 7.82. The van der Waals surface area contributed by atoms with Crippen LogP contribution >= 0.6 is 0 Å². The van der Waals surface area contributed by atoms with E-state index in [0.717, 1.165) is 25.9 Å². The third-order valence-electron chi connectivity index (χ3n) is 4.93. The molecule has 0 atom stereocenters. The molecule has 0 unspecified atom stereocenters. The molecule has 19 heavy (non-hydrogen) atoms. The predicted octanol–water partition coefficient (Wildman–Crippen LogP) is 1.60. The van der Waals surface area contributed by atoms with Gasteiger partial charge in [0.25, 0.3) is 0 Å². The number of nitrogens with two attached hydrogens (primary N) is 1. The third kappa shape index (κ3) is 4.18. The number of carbonyl (C=O) groups is 1. The Labute approximate surface area is 118 Å². The van der Waals surface area contributed by atoms with Gasteiger partial charge >= 0.3 is 0 Å². The highest BCUT2D eigenvalue weighted by atomic mass is 16.2. The molecular weight excluding hydrogens is 238 g/mol. The Hall–Kier alpha value is -0.610. The van der Waals surface area contributed by atoms with Gasteiger partial charge in [0.1, 0.15) is 0 Å². The van der Waals surface area contributed by atoms with Crippen LogP contribution in [0.2, 0.25) is 0 Å². The van der Waals surface area contributed by atoms with E-state index in [9.17, 15) is 4.79 Å². The van der Waals surface area contributed by atoms with E-state index in [-0.39, 0.29) is 11.3 Å². The van der Waals surface area contributed by atoms with Crippen molar-refractivity contribution in [1.82, 2.24) is 10.2 Å². The van der Waals surface area contributed by atoms with Crippen molar-refractivity contribution in [2.75, 3.05) is 32.7 Å². The molecule has 0 aromatic heterocycles. The molecule has 1 aliphatic rings. The minimum Gasteiger partial charge on any atom is -0.355 e. The average Bonchev–Trinajstić information content (AvgIpc) is 2.48. The fourth-order valence-electron chi connectivity index (χ4n) is 2.88. The van der Waals surface area contributed by atoms with Crippen LogP contribution in [-0.4, -0.2) is 43.5 Å². The summed E-state index contributed by atoms with van der Waals surface area (Å²) in [6, 6.07) is 0. The summed E-state index contributed by atoms with van der Waals surface area (Å²) in [5.74, 6) is 0.786. The molecule has 0 aromatic carbocycles. The van der Waals surface area contributed by atoms with Gasteiger partial charge in [0.15, 0.2) is 0 Å². The SMILES string of the molecule is CCN1CCC(CNC(=O)C(CC)(CC)CN)CC1. The Balaban J connectivity index is 2.38. The molecule has 1 heterocycles. The zero-order chi connectivity index (χ0) is 14.3. The van der Waals surface area contributed by atoms with E-state index in [4.69, 9.17) is 5.73 Å². The maximum atomic E-state index is 12.3. The molecule has 1 rings (SSSR count). The molecule has 0 radical (unpaired) electrons. The second kappa shape index (κ2) is 7.85. The predicted molar refractivity (Wildman–Crippen MR) is 79.9 cm³/mol. The summed E-state index contributed by atoms with van der Waals surface area (Å²) in [5.41, 5.74) is 5.45. The van der Waals surface area contributed by atoms with Crippen LogP contribution in [0.1, 0.15) is 46.5 Å². The molecule has 0 bridgehead atoms. The molecule has 112 valence electrons. The van der Waals surface area contributed by atoms with Crippen molar-refractivity contribution in [3.63, 3.8) is 0 Å². The number of rotatable bonds is 7. The molecule has 1 aliphatic heterocycles. The molecule has 1 fully saturated rings. The van der Waals surface area contributed by atoms with E-state index < -0.39 is 0 Å². The average molecular weight is 269 g/mol. The van der Waals surface area contributed by atoms with Crippen LogP contribution in [0, 0.1) is 11.3 Å². The van der Waals surface area contributed by atoms with Crippen LogP contribution in [0.25, 0.3) is 0 Å². The lowest BCUT2D eigenvalue weighted by Gasteiger charge is -2.33. The van der Waals surface area contributed by atoms with Crippen LogP contribution in [-0.2, 0) is 4.79 Å². The highest BCUT2D eigenvalue weighted by Crippen LogP contribution is 2.25. The summed E-state index contributed by atoms with van der Waals surface area (Å²) >= 11 is 0. The monoisotopic (exact) mass is 269 g/mol. The molecule has 4 nitrogen and oxygen atoms in total. The van der Waals surface area contributed by atoms with Crippen LogP contribution in [0.5, 0.6) is 0 Å². The van der Waals surface area contributed by atoms with Gasteiger partial charge < -0.3 is 16.0 Å². The van der Waals surface area contributed by atoms with Crippen LogP contribution in [0.15, 0.2) is 0 Å². The maximum absolute atomic E-state index is 12.3. The second-order valence-electron chi connectivity index (χ2n) is 5.78. The van der Waals surface area contributed by atoms with Gasteiger partial charge in [0.05, 0.1) is 5.41 Å². The van der Waals surface area contributed by atoms with Gasteiger partial charge in [0, 0.05) is 13.1 Å². The van der Waals surface area contributed by atoms with Gasteiger partial charge in [-0.05, 0) is 51.2 Å². The summed E-state index contributed by atoms with van der Waals surface area (Å²) < 4.78 is 0. The number of carbonyl (C=O) groups excluding carboxylic acids is 1. The normalized spacial score (nSPS) is 18.5. The van der Waals surface area contributed by atoms with Crippen molar-refractivity contribution < 1.29 is 4.79 Å². The van der Waals surface area contributed by atoms with Crippen LogP contribution in [0.4, 0.5) is 0 Å². The van der Waals surface area contributed by atoms with Gasteiger partial charge in [-0.2, -0.15) is 0 Å². The van der Waals surface area contributed by atoms with E-state index in [2.05, 4.69) is 31.0 Å². The minimum absolute atomic E-state index is 0.151. The Kier molecular flexibility index (Phi) is 6.80.